The lowest BCUT2D eigenvalue weighted by atomic mass is 10.3. The number of carbonyl (C=O) groups excluding carboxylic acids is 1. The average molecular weight is 435 g/mol. The minimum Gasteiger partial charge on any atom is -0.351 e. The molecule has 2 heterocycles. The molecule has 148 valence electrons. The Bertz CT molecular complexity index is 470. The minimum absolute atomic E-state index is 0. The smallest absolute Gasteiger partial charge is 0.270 e. The van der Waals surface area contributed by atoms with E-state index in [1.807, 2.05) is 5.38 Å². The number of rotatable bonds is 8. The zero-order chi connectivity index (χ0) is 15.8. The zero-order valence-electron chi connectivity index (χ0n) is 14.6. The molecule has 2 rings (SSSR count). The number of hydrogen-bond acceptors (Lipinski definition) is 6. The number of aromatic nitrogens is 1. The second-order valence-electron chi connectivity index (χ2n) is 5.55. The van der Waals surface area contributed by atoms with Gasteiger partial charge in [-0.1, -0.05) is 6.92 Å². The van der Waals surface area contributed by atoms with Crippen LogP contribution in [0.3, 0.4) is 0 Å². The highest BCUT2D eigenvalue weighted by molar-refractivity contribution is 7.09. The summed E-state index contributed by atoms with van der Waals surface area (Å²) in [7, 11) is 0. The summed E-state index contributed by atoms with van der Waals surface area (Å²) in [6, 6.07) is 0. The topological polar surface area (TPSA) is 74.5 Å². The number of likely N-dealkylation sites (N-methyl/N-ethyl adjacent to an activating group) is 1. The van der Waals surface area contributed by atoms with Crippen molar-refractivity contribution in [1.82, 2.24) is 20.1 Å². The Labute approximate surface area is 173 Å². The number of thiazole rings is 1. The van der Waals surface area contributed by atoms with Gasteiger partial charge in [0, 0.05) is 44.5 Å². The lowest BCUT2D eigenvalue weighted by molar-refractivity contribution is 0.0944. The number of nitrogens with two attached hydrogens (primary N) is 1. The highest BCUT2D eigenvalue weighted by atomic mass is 35.5. The monoisotopic (exact) mass is 433 g/mol. The van der Waals surface area contributed by atoms with E-state index in [-0.39, 0.29) is 43.1 Å². The molecular weight excluding hydrogens is 405 g/mol. The first-order valence-corrected chi connectivity index (χ1v) is 8.98. The molecule has 1 saturated heterocycles. The van der Waals surface area contributed by atoms with Crippen LogP contribution in [0.25, 0.3) is 0 Å². The molecule has 6 nitrogen and oxygen atoms in total. The van der Waals surface area contributed by atoms with Crippen molar-refractivity contribution < 1.29 is 4.79 Å². The molecule has 3 N–H and O–H groups in total. The van der Waals surface area contributed by atoms with Crippen LogP contribution < -0.4 is 11.1 Å². The SMILES string of the molecule is CCN1CCN(CCCNC(=O)c2csc(CCN)n2)CC1.Cl.Cl.Cl. The standard InChI is InChI=1S/C15H27N5OS.3ClH/c1-2-19-8-10-20(11-9-19)7-3-6-17-15(21)13-12-22-14(18-13)4-5-16;;;/h12H,2-11,16H2,1H3,(H,17,21);3*1H. The van der Waals surface area contributed by atoms with Crippen molar-refractivity contribution in [2.24, 2.45) is 5.73 Å². The summed E-state index contributed by atoms with van der Waals surface area (Å²) < 4.78 is 0. The molecule has 0 radical (unpaired) electrons. The number of carbonyl (C=O) groups is 1. The Morgan fingerprint density at radius 2 is 1.88 bits per heavy atom. The quantitative estimate of drug-likeness (QED) is 0.609. The predicted octanol–water partition coefficient (Wildman–Crippen LogP) is 1.67. The average Bonchev–Trinajstić information content (AvgIpc) is 3.01. The molecule has 0 atom stereocenters. The van der Waals surface area contributed by atoms with Gasteiger partial charge in [-0.3, -0.25) is 4.79 Å². The van der Waals surface area contributed by atoms with E-state index in [4.69, 9.17) is 5.73 Å². The van der Waals surface area contributed by atoms with Gasteiger partial charge < -0.3 is 20.9 Å². The molecule has 25 heavy (non-hydrogen) atoms. The number of nitrogens with zero attached hydrogens (tertiary/aromatic N) is 3. The van der Waals surface area contributed by atoms with Crippen LogP contribution in [0.2, 0.25) is 0 Å². The van der Waals surface area contributed by atoms with E-state index in [0.29, 0.717) is 18.8 Å². The summed E-state index contributed by atoms with van der Waals surface area (Å²) in [5.41, 5.74) is 6.01. The number of nitrogens with one attached hydrogen (secondary N) is 1. The fourth-order valence-corrected chi connectivity index (χ4v) is 3.37. The van der Waals surface area contributed by atoms with Gasteiger partial charge in [0.15, 0.2) is 0 Å². The van der Waals surface area contributed by atoms with Crippen LogP contribution in [0.1, 0.15) is 28.8 Å². The third-order valence-corrected chi connectivity index (χ3v) is 4.90. The van der Waals surface area contributed by atoms with Gasteiger partial charge in [0.05, 0.1) is 5.01 Å². The maximum Gasteiger partial charge on any atom is 0.270 e. The van der Waals surface area contributed by atoms with Crippen molar-refractivity contribution in [3.8, 4) is 0 Å². The van der Waals surface area contributed by atoms with Crippen LogP contribution in [0.5, 0.6) is 0 Å². The molecule has 0 aromatic carbocycles. The van der Waals surface area contributed by atoms with E-state index in [1.54, 1.807) is 0 Å². The first-order chi connectivity index (χ1) is 10.7. The van der Waals surface area contributed by atoms with Crippen LogP contribution in [-0.4, -0.2) is 73.0 Å². The second-order valence-corrected chi connectivity index (χ2v) is 6.49. The first kappa shape index (κ1) is 27.1. The Hall–Kier alpha value is -0.150. The molecule has 1 aliphatic heterocycles. The Morgan fingerprint density at radius 1 is 1.24 bits per heavy atom. The predicted molar refractivity (Wildman–Crippen MR) is 112 cm³/mol. The molecule has 1 aromatic rings. The van der Waals surface area contributed by atoms with E-state index in [1.165, 1.54) is 11.3 Å². The lowest BCUT2D eigenvalue weighted by Crippen LogP contribution is -2.46. The van der Waals surface area contributed by atoms with Crippen molar-refractivity contribution >= 4 is 54.5 Å². The normalized spacial score (nSPS) is 14.8. The van der Waals surface area contributed by atoms with Gasteiger partial charge in [-0.05, 0) is 26.1 Å². The van der Waals surface area contributed by atoms with Gasteiger partial charge >= 0.3 is 0 Å². The van der Waals surface area contributed by atoms with E-state index in [9.17, 15) is 4.79 Å². The van der Waals surface area contributed by atoms with Crippen molar-refractivity contribution in [2.45, 2.75) is 19.8 Å². The molecule has 1 fully saturated rings. The molecule has 0 bridgehead atoms. The molecule has 0 aliphatic carbocycles. The number of amides is 1. The van der Waals surface area contributed by atoms with Gasteiger partial charge in [-0.15, -0.1) is 48.6 Å². The van der Waals surface area contributed by atoms with E-state index in [2.05, 4.69) is 27.0 Å². The lowest BCUT2D eigenvalue weighted by Gasteiger charge is -2.33. The van der Waals surface area contributed by atoms with E-state index in [0.717, 1.165) is 57.1 Å². The fourth-order valence-electron chi connectivity index (χ4n) is 2.58. The zero-order valence-corrected chi connectivity index (χ0v) is 17.9. The summed E-state index contributed by atoms with van der Waals surface area (Å²) in [5.74, 6) is -0.0738. The highest BCUT2D eigenvalue weighted by Gasteiger charge is 2.15. The summed E-state index contributed by atoms with van der Waals surface area (Å²) in [5, 5.41) is 5.69. The fraction of sp³-hybridized carbons (Fsp3) is 0.733. The van der Waals surface area contributed by atoms with Crippen molar-refractivity contribution in [2.75, 3.05) is 52.4 Å². The largest absolute Gasteiger partial charge is 0.351 e. The second kappa shape index (κ2) is 15.0. The maximum absolute atomic E-state index is 12.0. The Balaban J connectivity index is 0. The van der Waals surface area contributed by atoms with Crippen LogP contribution in [0, 0.1) is 0 Å². The first-order valence-electron chi connectivity index (χ1n) is 8.10. The number of halogens is 3. The number of hydrogen-bond donors (Lipinski definition) is 2. The van der Waals surface area contributed by atoms with E-state index >= 15 is 0 Å². The third-order valence-electron chi connectivity index (χ3n) is 3.99. The molecule has 1 amide bonds. The van der Waals surface area contributed by atoms with Gasteiger partial charge in [0.2, 0.25) is 0 Å². The van der Waals surface area contributed by atoms with Crippen LogP contribution in [0.15, 0.2) is 5.38 Å². The maximum atomic E-state index is 12.0. The molecule has 0 unspecified atom stereocenters. The van der Waals surface area contributed by atoms with Gasteiger partial charge in [-0.25, -0.2) is 4.98 Å². The van der Waals surface area contributed by atoms with Crippen LogP contribution >= 0.6 is 48.6 Å². The Kier molecular flexibility index (Phi) is 16.2. The minimum atomic E-state index is -0.0738. The summed E-state index contributed by atoms with van der Waals surface area (Å²) in [4.78, 5) is 21.2. The number of piperazine rings is 1. The summed E-state index contributed by atoms with van der Waals surface area (Å²) in [6.07, 6.45) is 1.72. The van der Waals surface area contributed by atoms with Crippen molar-refractivity contribution in [3.05, 3.63) is 16.1 Å². The molecule has 10 heteroatoms. The molecule has 1 aliphatic rings. The van der Waals surface area contributed by atoms with Gasteiger partial charge in [0.25, 0.3) is 5.91 Å². The van der Waals surface area contributed by atoms with Gasteiger partial charge in [-0.2, -0.15) is 0 Å². The Morgan fingerprint density at radius 3 is 2.48 bits per heavy atom. The molecular formula is C15H30Cl3N5OS. The van der Waals surface area contributed by atoms with Crippen molar-refractivity contribution in [1.29, 1.82) is 0 Å². The summed E-state index contributed by atoms with van der Waals surface area (Å²) in [6.45, 7) is 10.3. The highest BCUT2D eigenvalue weighted by Crippen LogP contribution is 2.09. The van der Waals surface area contributed by atoms with Crippen LogP contribution in [0.4, 0.5) is 0 Å². The molecule has 0 spiro atoms. The van der Waals surface area contributed by atoms with Gasteiger partial charge in [0.1, 0.15) is 5.69 Å². The molecule has 0 saturated carbocycles. The third kappa shape index (κ3) is 9.38. The van der Waals surface area contributed by atoms with Crippen molar-refractivity contribution in [3.63, 3.8) is 0 Å². The van der Waals surface area contributed by atoms with E-state index < -0.39 is 0 Å². The molecule has 1 aromatic heterocycles. The van der Waals surface area contributed by atoms with Crippen LogP contribution in [-0.2, 0) is 6.42 Å². The summed E-state index contributed by atoms with van der Waals surface area (Å²) >= 11 is 1.50.